The van der Waals surface area contributed by atoms with E-state index in [0.29, 0.717) is 19.4 Å². The highest BCUT2D eigenvalue weighted by Gasteiger charge is 2.39. The Bertz CT molecular complexity index is 488. The van der Waals surface area contributed by atoms with E-state index in [1.165, 1.54) is 10.5 Å². The number of benzene rings is 1. The van der Waals surface area contributed by atoms with Crippen molar-refractivity contribution in [3.63, 3.8) is 0 Å². The van der Waals surface area contributed by atoms with Gasteiger partial charge in [-0.15, -0.1) is 0 Å². The molecule has 1 aromatic carbocycles. The van der Waals surface area contributed by atoms with Crippen LogP contribution in [0.4, 0.5) is 4.79 Å². The molecule has 1 aromatic rings. The average molecular weight is 291 g/mol. The zero-order chi connectivity index (χ0) is 15.2. The minimum atomic E-state index is -0.958. The van der Waals surface area contributed by atoms with Crippen LogP contribution in [0.5, 0.6) is 0 Å². The molecule has 1 aliphatic heterocycles. The number of carbonyl (C=O) groups is 2. The molecule has 114 valence electrons. The number of amides is 1. The summed E-state index contributed by atoms with van der Waals surface area (Å²) < 4.78 is 5.22. The number of hydrogen-bond acceptors (Lipinski definition) is 3. The Balaban J connectivity index is 1.77. The number of hydrogen-bond donors (Lipinski definition) is 1. The SMILES string of the molecule is CC1CCC(C(=O)O)N1C(=O)OCCCc1ccccc1. The lowest BCUT2D eigenvalue weighted by Crippen LogP contribution is -2.44. The van der Waals surface area contributed by atoms with Crippen molar-refractivity contribution >= 4 is 12.1 Å². The van der Waals surface area contributed by atoms with Crippen LogP contribution < -0.4 is 0 Å². The third-order valence-electron chi connectivity index (χ3n) is 3.84. The molecule has 0 bridgehead atoms. The van der Waals surface area contributed by atoms with Crippen LogP contribution in [-0.4, -0.2) is 40.8 Å². The molecule has 0 radical (unpaired) electrons. The lowest BCUT2D eigenvalue weighted by atomic mass is 10.1. The summed E-state index contributed by atoms with van der Waals surface area (Å²) in [6.07, 6.45) is 2.26. The molecule has 2 unspecified atom stereocenters. The first-order chi connectivity index (χ1) is 10.1. The largest absolute Gasteiger partial charge is 0.480 e. The van der Waals surface area contributed by atoms with Gasteiger partial charge < -0.3 is 9.84 Å². The van der Waals surface area contributed by atoms with Gasteiger partial charge in [0.2, 0.25) is 0 Å². The summed E-state index contributed by atoms with van der Waals surface area (Å²) in [5.41, 5.74) is 1.20. The minimum absolute atomic E-state index is 0.0762. The molecule has 1 aliphatic rings. The second-order valence-corrected chi connectivity index (χ2v) is 5.39. The van der Waals surface area contributed by atoms with E-state index in [1.807, 2.05) is 37.3 Å². The molecule has 1 heterocycles. The predicted molar refractivity (Wildman–Crippen MR) is 78.1 cm³/mol. The number of aryl methyl sites for hydroxylation is 1. The number of aliphatic carboxylic acids is 1. The highest BCUT2D eigenvalue weighted by atomic mass is 16.6. The van der Waals surface area contributed by atoms with Crippen LogP contribution in [-0.2, 0) is 16.0 Å². The maximum absolute atomic E-state index is 12.0. The molecule has 21 heavy (non-hydrogen) atoms. The number of likely N-dealkylation sites (tertiary alicyclic amines) is 1. The van der Waals surface area contributed by atoms with Crippen LogP contribution in [0.15, 0.2) is 30.3 Å². The number of carboxylic acid groups (broad SMARTS) is 1. The maximum Gasteiger partial charge on any atom is 0.410 e. The van der Waals surface area contributed by atoms with Gasteiger partial charge in [-0.25, -0.2) is 9.59 Å². The molecule has 0 spiro atoms. The van der Waals surface area contributed by atoms with Crippen molar-refractivity contribution in [2.45, 2.75) is 44.7 Å². The average Bonchev–Trinajstić information content (AvgIpc) is 2.86. The van der Waals surface area contributed by atoms with Crippen LogP contribution in [0.25, 0.3) is 0 Å². The number of carbonyl (C=O) groups excluding carboxylic acids is 1. The van der Waals surface area contributed by atoms with Gasteiger partial charge in [-0.2, -0.15) is 0 Å². The van der Waals surface area contributed by atoms with Gasteiger partial charge in [0.1, 0.15) is 6.04 Å². The highest BCUT2D eigenvalue weighted by molar-refractivity contribution is 5.81. The summed E-state index contributed by atoms with van der Waals surface area (Å²) in [5, 5.41) is 9.12. The smallest absolute Gasteiger partial charge is 0.410 e. The predicted octanol–water partition coefficient (Wildman–Crippen LogP) is 2.69. The second kappa shape index (κ2) is 7.11. The quantitative estimate of drug-likeness (QED) is 0.847. The summed E-state index contributed by atoms with van der Waals surface area (Å²) in [6.45, 7) is 2.16. The van der Waals surface area contributed by atoms with Crippen LogP contribution in [0.3, 0.4) is 0 Å². The van der Waals surface area contributed by atoms with Crippen molar-refractivity contribution in [1.82, 2.24) is 4.90 Å². The summed E-state index contributed by atoms with van der Waals surface area (Å²) in [7, 11) is 0. The normalized spacial score (nSPS) is 21.3. The Kier molecular flexibility index (Phi) is 5.20. The van der Waals surface area contributed by atoms with E-state index in [0.717, 1.165) is 12.8 Å². The Labute approximate surface area is 124 Å². The maximum atomic E-state index is 12.0. The van der Waals surface area contributed by atoms with Gasteiger partial charge in [0, 0.05) is 6.04 Å². The molecule has 1 amide bonds. The van der Waals surface area contributed by atoms with Crippen molar-refractivity contribution in [1.29, 1.82) is 0 Å². The van der Waals surface area contributed by atoms with Gasteiger partial charge >= 0.3 is 12.1 Å². The molecule has 5 nitrogen and oxygen atoms in total. The van der Waals surface area contributed by atoms with Crippen molar-refractivity contribution in [3.05, 3.63) is 35.9 Å². The summed E-state index contributed by atoms with van der Waals surface area (Å²) in [4.78, 5) is 24.5. The third-order valence-corrected chi connectivity index (χ3v) is 3.84. The van der Waals surface area contributed by atoms with E-state index in [-0.39, 0.29) is 6.04 Å². The minimum Gasteiger partial charge on any atom is -0.480 e. The van der Waals surface area contributed by atoms with Gasteiger partial charge in [0.25, 0.3) is 0 Å². The van der Waals surface area contributed by atoms with Gasteiger partial charge in [0.05, 0.1) is 6.61 Å². The number of carboxylic acids is 1. The molecule has 1 saturated heterocycles. The second-order valence-electron chi connectivity index (χ2n) is 5.39. The molecule has 5 heteroatoms. The van der Waals surface area contributed by atoms with Crippen LogP contribution in [0.2, 0.25) is 0 Å². The number of nitrogens with zero attached hydrogens (tertiary/aromatic N) is 1. The molecule has 0 saturated carbocycles. The Hall–Kier alpha value is -2.04. The van der Waals surface area contributed by atoms with E-state index in [2.05, 4.69) is 0 Å². The third kappa shape index (κ3) is 3.97. The van der Waals surface area contributed by atoms with Gasteiger partial charge in [-0.05, 0) is 38.2 Å². The fourth-order valence-electron chi connectivity index (χ4n) is 2.69. The zero-order valence-corrected chi connectivity index (χ0v) is 12.2. The topological polar surface area (TPSA) is 66.8 Å². The van der Waals surface area contributed by atoms with Crippen molar-refractivity contribution < 1.29 is 19.4 Å². The molecular weight excluding hydrogens is 270 g/mol. The molecule has 0 aliphatic carbocycles. The summed E-state index contributed by atoms with van der Waals surface area (Å²) in [6, 6.07) is 9.16. The summed E-state index contributed by atoms with van der Waals surface area (Å²) in [5.74, 6) is -0.958. The van der Waals surface area contributed by atoms with Crippen LogP contribution in [0, 0.1) is 0 Å². The zero-order valence-electron chi connectivity index (χ0n) is 12.2. The highest BCUT2D eigenvalue weighted by Crippen LogP contribution is 2.24. The Morgan fingerprint density at radius 2 is 2.00 bits per heavy atom. The monoisotopic (exact) mass is 291 g/mol. The molecule has 1 N–H and O–H groups in total. The summed E-state index contributed by atoms with van der Waals surface area (Å²) >= 11 is 0. The lowest BCUT2D eigenvalue weighted by Gasteiger charge is -2.25. The first-order valence-electron chi connectivity index (χ1n) is 7.31. The van der Waals surface area contributed by atoms with Gasteiger partial charge in [-0.3, -0.25) is 4.90 Å². The van der Waals surface area contributed by atoms with E-state index < -0.39 is 18.1 Å². The first kappa shape index (κ1) is 15.4. The Morgan fingerprint density at radius 3 is 2.67 bits per heavy atom. The molecule has 0 aromatic heterocycles. The van der Waals surface area contributed by atoms with Crippen LogP contribution >= 0.6 is 0 Å². The van der Waals surface area contributed by atoms with E-state index >= 15 is 0 Å². The fourth-order valence-corrected chi connectivity index (χ4v) is 2.69. The van der Waals surface area contributed by atoms with Gasteiger partial charge in [-0.1, -0.05) is 30.3 Å². The van der Waals surface area contributed by atoms with E-state index in [1.54, 1.807) is 0 Å². The van der Waals surface area contributed by atoms with Crippen molar-refractivity contribution in [2.24, 2.45) is 0 Å². The van der Waals surface area contributed by atoms with Crippen LogP contribution in [0.1, 0.15) is 31.7 Å². The number of rotatable bonds is 5. The number of ether oxygens (including phenoxy) is 1. The van der Waals surface area contributed by atoms with Gasteiger partial charge in [0.15, 0.2) is 0 Å². The molecular formula is C16H21NO4. The lowest BCUT2D eigenvalue weighted by molar-refractivity contribution is -0.142. The fraction of sp³-hybridized carbons (Fsp3) is 0.500. The molecule has 2 atom stereocenters. The molecule has 1 fully saturated rings. The Morgan fingerprint density at radius 1 is 1.29 bits per heavy atom. The van der Waals surface area contributed by atoms with E-state index in [9.17, 15) is 9.59 Å². The van der Waals surface area contributed by atoms with Crippen molar-refractivity contribution in [3.8, 4) is 0 Å². The molecule has 2 rings (SSSR count). The standard InChI is InChI=1S/C16H21NO4/c1-12-9-10-14(15(18)19)17(12)16(20)21-11-5-8-13-6-3-2-4-7-13/h2-4,6-7,12,14H,5,8-11H2,1H3,(H,18,19). The van der Waals surface area contributed by atoms with Crippen molar-refractivity contribution in [2.75, 3.05) is 6.61 Å². The first-order valence-corrected chi connectivity index (χ1v) is 7.31. The van der Waals surface area contributed by atoms with E-state index in [4.69, 9.17) is 9.84 Å².